The minimum absolute atomic E-state index is 0.227. The first-order chi connectivity index (χ1) is 6.88. The van der Waals surface area contributed by atoms with Crippen LogP contribution in [0.4, 0.5) is 0 Å². The highest BCUT2D eigenvalue weighted by atomic mass is 16.5. The summed E-state index contributed by atoms with van der Waals surface area (Å²) in [4.78, 5) is 10.4. The third kappa shape index (κ3) is 2.17. The Hall–Kier alpha value is -1.23. The van der Waals surface area contributed by atoms with E-state index in [-0.39, 0.29) is 6.10 Å². The molecule has 0 amide bonds. The smallest absolute Gasteiger partial charge is 0.171 e. The molecule has 1 aromatic rings. The first-order valence-corrected chi connectivity index (χ1v) is 4.85. The molecule has 0 N–H and O–H groups in total. The molecule has 0 radical (unpaired) electrons. The lowest BCUT2D eigenvalue weighted by molar-refractivity contribution is 0.00369. The summed E-state index contributed by atoms with van der Waals surface area (Å²) in [5.41, 5.74) is 0.376. The second-order valence-electron chi connectivity index (χ2n) is 3.47. The lowest BCUT2D eigenvalue weighted by atomic mass is 10.1. The van der Waals surface area contributed by atoms with Gasteiger partial charge in [-0.1, -0.05) is 5.21 Å². The lowest BCUT2D eigenvalue weighted by Gasteiger charge is -2.21. The largest absolute Gasteiger partial charge is 0.376 e. The molecule has 76 valence electrons. The third-order valence-electron chi connectivity index (χ3n) is 2.34. The molecule has 0 aromatic carbocycles. The van der Waals surface area contributed by atoms with Gasteiger partial charge in [-0.3, -0.25) is 4.79 Å². The molecule has 0 spiro atoms. The van der Waals surface area contributed by atoms with Crippen LogP contribution in [0, 0.1) is 0 Å². The fourth-order valence-corrected chi connectivity index (χ4v) is 1.62. The zero-order chi connectivity index (χ0) is 9.80. The molecule has 1 saturated heterocycles. The van der Waals surface area contributed by atoms with E-state index in [1.165, 1.54) is 6.42 Å². The molecule has 14 heavy (non-hydrogen) atoms. The zero-order valence-corrected chi connectivity index (χ0v) is 7.93. The Morgan fingerprint density at radius 2 is 2.57 bits per heavy atom. The van der Waals surface area contributed by atoms with E-state index in [4.69, 9.17) is 4.74 Å². The number of carbonyl (C=O) groups excluding carboxylic acids is 1. The number of hydrogen-bond acceptors (Lipinski definition) is 4. The van der Waals surface area contributed by atoms with Crippen molar-refractivity contribution in [3.05, 3.63) is 11.9 Å². The number of nitrogens with zero attached hydrogens (tertiary/aromatic N) is 3. The molecule has 1 unspecified atom stereocenters. The highest BCUT2D eigenvalue weighted by Gasteiger charge is 2.14. The molecule has 1 aliphatic rings. The van der Waals surface area contributed by atoms with Crippen LogP contribution < -0.4 is 0 Å². The highest BCUT2D eigenvalue weighted by molar-refractivity contribution is 5.70. The highest BCUT2D eigenvalue weighted by Crippen LogP contribution is 2.13. The van der Waals surface area contributed by atoms with Crippen molar-refractivity contribution in [2.24, 2.45) is 0 Å². The molecule has 2 rings (SSSR count). The van der Waals surface area contributed by atoms with Crippen LogP contribution in [-0.4, -0.2) is 34.0 Å². The Bertz CT molecular complexity index is 305. The maximum atomic E-state index is 10.4. The van der Waals surface area contributed by atoms with E-state index < -0.39 is 0 Å². The van der Waals surface area contributed by atoms with Crippen LogP contribution in [0.2, 0.25) is 0 Å². The number of ether oxygens (including phenoxy) is 1. The van der Waals surface area contributed by atoms with Gasteiger partial charge >= 0.3 is 0 Å². The Morgan fingerprint density at radius 3 is 3.21 bits per heavy atom. The zero-order valence-electron chi connectivity index (χ0n) is 7.93. The van der Waals surface area contributed by atoms with Crippen LogP contribution in [0.15, 0.2) is 6.20 Å². The van der Waals surface area contributed by atoms with Gasteiger partial charge in [0.05, 0.1) is 18.8 Å². The van der Waals surface area contributed by atoms with Gasteiger partial charge in [0.2, 0.25) is 0 Å². The first kappa shape index (κ1) is 9.33. The Morgan fingerprint density at radius 1 is 1.64 bits per heavy atom. The van der Waals surface area contributed by atoms with Crippen molar-refractivity contribution >= 4 is 6.29 Å². The summed E-state index contributed by atoms with van der Waals surface area (Å²) in [6.07, 6.45) is 5.99. The van der Waals surface area contributed by atoms with Crippen LogP contribution >= 0.6 is 0 Å². The van der Waals surface area contributed by atoms with E-state index in [0.29, 0.717) is 18.5 Å². The molecular formula is C9H13N3O2. The topological polar surface area (TPSA) is 57.0 Å². The maximum absolute atomic E-state index is 10.4. The molecule has 5 nitrogen and oxygen atoms in total. The van der Waals surface area contributed by atoms with Crippen molar-refractivity contribution in [2.45, 2.75) is 31.9 Å². The Balaban J connectivity index is 1.92. The monoisotopic (exact) mass is 195 g/mol. The molecule has 5 heteroatoms. The minimum atomic E-state index is 0.227. The van der Waals surface area contributed by atoms with Crippen molar-refractivity contribution in [3.63, 3.8) is 0 Å². The predicted octanol–water partition coefficient (Wildman–Crippen LogP) is 0.660. The standard InChI is InChI=1S/C9H13N3O2/c13-7-8-5-12(11-10-8)6-9-3-1-2-4-14-9/h5,7,9H,1-4,6H2. The molecule has 2 heterocycles. The third-order valence-corrected chi connectivity index (χ3v) is 2.34. The van der Waals surface area contributed by atoms with Gasteiger partial charge in [-0.25, -0.2) is 4.68 Å². The summed E-state index contributed by atoms with van der Waals surface area (Å²) in [6, 6.07) is 0. The fraction of sp³-hybridized carbons (Fsp3) is 0.667. The summed E-state index contributed by atoms with van der Waals surface area (Å²) in [5, 5.41) is 7.53. The average molecular weight is 195 g/mol. The van der Waals surface area contributed by atoms with Crippen molar-refractivity contribution in [2.75, 3.05) is 6.61 Å². The second-order valence-corrected chi connectivity index (χ2v) is 3.47. The number of aldehydes is 1. The van der Waals surface area contributed by atoms with Gasteiger partial charge < -0.3 is 4.74 Å². The molecule has 0 bridgehead atoms. The average Bonchev–Trinajstić information content (AvgIpc) is 2.67. The van der Waals surface area contributed by atoms with Crippen LogP contribution in [0.3, 0.4) is 0 Å². The van der Waals surface area contributed by atoms with E-state index in [0.717, 1.165) is 19.4 Å². The lowest BCUT2D eigenvalue weighted by Crippen LogP contribution is -2.24. The van der Waals surface area contributed by atoms with Gasteiger partial charge in [0.1, 0.15) is 5.69 Å². The van der Waals surface area contributed by atoms with Crippen LogP contribution in [0.25, 0.3) is 0 Å². The van der Waals surface area contributed by atoms with Gasteiger partial charge in [0.15, 0.2) is 6.29 Å². The molecule has 1 atom stereocenters. The Labute approximate surface area is 82.1 Å². The van der Waals surface area contributed by atoms with Gasteiger partial charge in [-0.15, -0.1) is 5.10 Å². The first-order valence-electron chi connectivity index (χ1n) is 4.85. The number of hydrogen-bond donors (Lipinski definition) is 0. The van der Waals surface area contributed by atoms with Crippen molar-refractivity contribution in [3.8, 4) is 0 Å². The van der Waals surface area contributed by atoms with E-state index in [9.17, 15) is 4.79 Å². The molecule has 1 aromatic heterocycles. The summed E-state index contributed by atoms with van der Waals surface area (Å²) in [7, 11) is 0. The summed E-state index contributed by atoms with van der Waals surface area (Å²) in [6.45, 7) is 1.53. The number of aromatic nitrogens is 3. The summed E-state index contributed by atoms with van der Waals surface area (Å²) >= 11 is 0. The van der Waals surface area contributed by atoms with Crippen LogP contribution in [-0.2, 0) is 11.3 Å². The van der Waals surface area contributed by atoms with E-state index in [1.807, 2.05) is 0 Å². The van der Waals surface area contributed by atoms with Crippen molar-refractivity contribution < 1.29 is 9.53 Å². The molecular weight excluding hydrogens is 182 g/mol. The minimum Gasteiger partial charge on any atom is -0.376 e. The van der Waals surface area contributed by atoms with E-state index in [2.05, 4.69) is 10.3 Å². The Kier molecular flexibility index (Phi) is 2.88. The van der Waals surface area contributed by atoms with Crippen molar-refractivity contribution in [1.29, 1.82) is 0 Å². The van der Waals surface area contributed by atoms with Crippen LogP contribution in [0.5, 0.6) is 0 Å². The van der Waals surface area contributed by atoms with Crippen molar-refractivity contribution in [1.82, 2.24) is 15.0 Å². The molecule has 0 aliphatic carbocycles. The summed E-state index contributed by atoms with van der Waals surface area (Å²) in [5.74, 6) is 0. The van der Waals surface area contributed by atoms with Gasteiger partial charge in [0.25, 0.3) is 0 Å². The number of rotatable bonds is 3. The predicted molar refractivity (Wildman–Crippen MR) is 49.0 cm³/mol. The van der Waals surface area contributed by atoms with Gasteiger partial charge in [-0.2, -0.15) is 0 Å². The number of carbonyl (C=O) groups is 1. The molecule has 1 aliphatic heterocycles. The summed E-state index contributed by atoms with van der Waals surface area (Å²) < 4.78 is 7.21. The van der Waals surface area contributed by atoms with E-state index >= 15 is 0 Å². The van der Waals surface area contributed by atoms with Gasteiger partial charge in [-0.05, 0) is 19.3 Å². The SMILES string of the molecule is O=Cc1cn(CC2CCCCO2)nn1. The van der Waals surface area contributed by atoms with Crippen LogP contribution in [0.1, 0.15) is 29.8 Å². The molecule has 1 fully saturated rings. The fourth-order valence-electron chi connectivity index (χ4n) is 1.62. The van der Waals surface area contributed by atoms with E-state index in [1.54, 1.807) is 10.9 Å². The quantitative estimate of drug-likeness (QED) is 0.665. The normalized spacial score (nSPS) is 22.1. The second kappa shape index (κ2) is 4.32. The van der Waals surface area contributed by atoms with Gasteiger partial charge in [0, 0.05) is 6.61 Å². The molecule has 0 saturated carbocycles. The maximum Gasteiger partial charge on any atom is 0.171 e.